The molecule has 3 amide bonds. The van der Waals surface area contributed by atoms with E-state index >= 15 is 0 Å². The zero-order valence-corrected chi connectivity index (χ0v) is 16.4. The van der Waals surface area contributed by atoms with E-state index in [0.29, 0.717) is 11.3 Å². The number of anilines is 1. The third-order valence-electron chi connectivity index (χ3n) is 3.73. The minimum absolute atomic E-state index is 0.0384. The number of Topliss-reactive ketones (excluding diaryl/α,β-unsaturated/α-hetero) is 1. The Morgan fingerprint density at radius 2 is 1.97 bits per heavy atom. The number of hydrogen-bond acceptors (Lipinski definition) is 7. The fourth-order valence-electron chi connectivity index (χ4n) is 2.29. The van der Waals surface area contributed by atoms with Crippen LogP contribution in [0.5, 0.6) is 0 Å². The van der Waals surface area contributed by atoms with E-state index in [-0.39, 0.29) is 28.4 Å². The number of benzene rings is 1. The summed E-state index contributed by atoms with van der Waals surface area (Å²) >= 11 is 0.912. The van der Waals surface area contributed by atoms with Gasteiger partial charge in [-0.15, -0.1) is 0 Å². The molecule has 0 atom stereocenters. The molecule has 1 aromatic carbocycles. The van der Waals surface area contributed by atoms with E-state index < -0.39 is 23.4 Å². The number of thioether (sulfide) groups is 1. The maximum atomic E-state index is 12.2. The maximum Gasteiger partial charge on any atom is 0.313 e. The summed E-state index contributed by atoms with van der Waals surface area (Å²) < 4.78 is 4.90. The van der Waals surface area contributed by atoms with E-state index in [4.69, 9.17) is 9.83 Å². The largest absolute Gasteiger partial charge is 0.459 e. The Morgan fingerprint density at radius 1 is 1.23 bits per heavy atom. The topological polar surface area (TPSA) is 154 Å². The number of amidine groups is 2. The lowest BCUT2D eigenvalue weighted by atomic mass is 10.1. The van der Waals surface area contributed by atoms with Crippen molar-refractivity contribution in [1.29, 1.82) is 5.41 Å². The Hall–Kier alpha value is -3.86. The number of amides is 3. The summed E-state index contributed by atoms with van der Waals surface area (Å²) in [5, 5.41) is 12.9. The summed E-state index contributed by atoms with van der Waals surface area (Å²) in [4.78, 5) is 54.8. The Bertz CT molecular complexity index is 1090. The van der Waals surface area contributed by atoms with Crippen LogP contribution in [-0.2, 0) is 9.59 Å². The molecule has 0 spiro atoms. The van der Waals surface area contributed by atoms with Gasteiger partial charge in [0.15, 0.2) is 28.3 Å². The SMILES string of the molecule is CC(=O)c1ccc(NC(=O)CSC2=NC(=N)C(=NC(=O)c3ccco3)C(=O)N2)cc1. The van der Waals surface area contributed by atoms with Crippen LogP contribution in [0.25, 0.3) is 0 Å². The molecule has 30 heavy (non-hydrogen) atoms. The molecule has 11 heteroatoms. The van der Waals surface area contributed by atoms with Crippen LogP contribution in [0.3, 0.4) is 0 Å². The van der Waals surface area contributed by atoms with Crippen molar-refractivity contribution in [2.75, 3.05) is 11.1 Å². The molecule has 0 unspecified atom stereocenters. The van der Waals surface area contributed by atoms with E-state index in [2.05, 4.69) is 20.6 Å². The number of nitrogens with one attached hydrogen (secondary N) is 3. The second-order valence-electron chi connectivity index (χ2n) is 5.93. The number of nitrogens with zero attached hydrogens (tertiary/aromatic N) is 2. The van der Waals surface area contributed by atoms with Crippen LogP contribution in [-0.4, -0.2) is 46.0 Å². The number of rotatable bonds is 5. The first-order chi connectivity index (χ1) is 14.3. The molecular formula is C19H15N5O5S. The van der Waals surface area contributed by atoms with Gasteiger partial charge in [-0.2, -0.15) is 4.99 Å². The number of hydrogen-bond donors (Lipinski definition) is 3. The summed E-state index contributed by atoms with van der Waals surface area (Å²) in [6, 6.07) is 9.29. The number of aliphatic imine (C=N–C) groups is 2. The summed E-state index contributed by atoms with van der Waals surface area (Å²) in [7, 11) is 0. The van der Waals surface area contributed by atoms with E-state index in [0.717, 1.165) is 11.8 Å². The van der Waals surface area contributed by atoms with Gasteiger partial charge in [-0.3, -0.25) is 29.9 Å². The van der Waals surface area contributed by atoms with Crippen LogP contribution in [0.15, 0.2) is 57.1 Å². The molecule has 0 aliphatic carbocycles. The summed E-state index contributed by atoms with van der Waals surface area (Å²) in [5.41, 5.74) is 0.595. The zero-order chi connectivity index (χ0) is 21.7. The highest BCUT2D eigenvalue weighted by molar-refractivity contribution is 8.14. The second-order valence-corrected chi connectivity index (χ2v) is 6.90. The minimum Gasteiger partial charge on any atom is -0.459 e. The first-order valence-corrected chi connectivity index (χ1v) is 9.51. The molecule has 2 aromatic rings. The molecular weight excluding hydrogens is 410 g/mol. The molecule has 2 heterocycles. The van der Waals surface area contributed by atoms with Crippen molar-refractivity contribution in [3.05, 3.63) is 54.0 Å². The Kier molecular flexibility index (Phi) is 6.32. The molecule has 0 fully saturated rings. The lowest BCUT2D eigenvalue weighted by molar-refractivity contribution is -0.114. The zero-order valence-electron chi connectivity index (χ0n) is 15.6. The molecule has 0 saturated carbocycles. The first-order valence-electron chi connectivity index (χ1n) is 8.52. The van der Waals surface area contributed by atoms with Crippen molar-refractivity contribution in [2.45, 2.75) is 6.92 Å². The van der Waals surface area contributed by atoms with Crippen molar-refractivity contribution in [2.24, 2.45) is 9.98 Å². The minimum atomic E-state index is -0.809. The smallest absolute Gasteiger partial charge is 0.313 e. The highest BCUT2D eigenvalue weighted by Gasteiger charge is 2.26. The van der Waals surface area contributed by atoms with Crippen molar-refractivity contribution in [3.63, 3.8) is 0 Å². The van der Waals surface area contributed by atoms with E-state index in [1.165, 1.54) is 25.3 Å². The monoisotopic (exact) mass is 425 g/mol. The molecule has 10 nitrogen and oxygen atoms in total. The molecule has 0 radical (unpaired) electrons. The standard InChI is InChI=1S/C19H15N5O5S/c1-10(25)11-4-6-12(7-5-11)21-14(26)9-30-19-23-16(20)15(18(28)24-19)22-17(27)13-3-2-8-29-13/h2-8H,9H2,1H3,(H,21,26)(H2,20,23,24,28). The fraction of sp³-hybridized carbons (Fsp3) is 0.105. The lowest BCUT2D eigenvalue weighted by Gasteiger charge is -2.14. The van der Waals surface area contributed by atoms with Crippen LogP contribution in [0.4, 0.5) is 5.69 Å². The van der Waals surface area contributed by atoms with Crippen LogP contribution in [0, 0.1) is 5.41 Å². The summed E-state index contributed by atoms with van der Waals surface area (Å²) in [6.07, 6.45) is 1.29. The van der Waals surface area contributed by atoms with Gasteiger partial charge in [0, 0.05) is 11.3 Å². The van der Waals surface area contributed by atoms with E-state index in [9.17, 15) is 19.2 Å². The van der Waals surface area contributed by atoms with Crippen molar-refractivity contribution in [1.82, 2.24) is 5.32 Å². The van der Waals surface area contributed by atoms with Gasteiger partial charge in [0.2, 0.25) is 5.91 Å². The van der Waals surface area contributed by atoms with Crippen molar-refractivity contribution >= 4 is 57.7 Å². The molecule has 0 bridgehead atoms. The third-order valence-corrected chi connectivity index (χ3v) is 4.61. The first kappa shape index (κ1) is 20.9. The van der Waals surface area contributed by atoms with Crippen LogP contribution >= 0.6 is 11.8 Å². The van der Waals surface area contributed by atoms with Gasteiger partial charge in [0.05, 0.1) is 12.0 Å². The number of carbonyl (C=O) groups excluding carboxylic acids is 4. The second kappa shape index (κ2) is 9.09. The normalized spacial score (nSPS) is 14.8. The Morgan fingerprint density at radius 3 is 2.57 bits per heavy atom. The molecule has 0 saturated heterocycles. The van der Waals surface area contributed by atoms with Crippen LogP contribution in [0.2, 0.25) is 0 Å². The van der Waals surface area contributed by atoms with Crippen LogP contribution in [0.1, 0.15) is 27.8 Å². The average molecular weight is 425 g/mol. The van der Waals surface area contributed by atoms with Crippen LogP contribution < -0.4 is 10.6 Å². The predicted molar refractivity (Wildman–Crippen MR) is 111 cm³/mol. The van der Waals surface area contributed by atoms with Gasteiger partial charge in [-0.1, -0.05) is 11.8 Å². The van der Waals surface area contributed by atoms with Gasteiger partial charge in [0.1, 0.15) is 0 Å². The fourth-order valence-corrected chi connectivity index (χ4v) is 2.96. The van der Waals surface area contributed by atoms with Gasteiger partial charge >= 0.3 is 5.91 Å². The molecule has 1 aromatic heterocycles. The van der Waals surface area contributed by atoms with Gasteiger partial charge in [0.25, 0.3) is 5.91 Å². The van der Waals surface area contributed by atoms with E-state index in [1.54, 1.807) is 24.3 Å². The number of ketones is 1. The molecule has 152 valence electrons. The average Bonchev–Trinajstić information content (AvgIpc) is 3.24. The number of furan rings is 1. The maximum absolute atomic E-state index is 12.2. The van der Waals surface area contributed by atoms with Gasteiger partial charge in [-0.25, -0.2) is 4.99 Å². The molecule has 3 N–H and O–H groups in total. The predicted octanol–water partition coefficient (Wildman–Crippen LogP) is 1.90. The highest BCUT2D eigenvalue weighted by atomic mass is 32.2. The molecule has 3 rings (SSSR count). The molecule has 1 aliphatic rings. The Labute approximate surface area is 174 Å². The van der Waals surface area contributed by atoms with Crippen molar-refractivity contribution in [3.8, 4) is 0 Å². The van der Waals surface area contributed by atoms with Gasteiger partial charge < -0.3 is 9.73 Å². The van der Waals surface area contributed by atoms with Crippen molar-refractivity contribution < 1.29 is 23.6 Å². The summed E-state index contributed by atoms with van der Waals surface area (Å²) in [5.74, 6) is -2.69. The van der Waals surface area contributed by atoms with E-state index in [1.807, 2.05) is 0 Å². The quantitative estimate of drug-likeness (QED) is 0.622. The summed E-state index contributed by atoms with van der Waals surface area (Å²) in [6.45, 7) is 1.45. The van der Waals surface area contributed by atoms with Gasteiger partial charge in [-0.05, 0) is 43.3 Å². The highest BCUT2D eigenvalue weighted by Crippen LogP contribution is 2.13. The third kappa shape index (κ3) is 5.14. The number of carbonyl (C=O) groups is 4. The molecule has 1 aliphatic heterocycles. The lowest BCUT2D eigenvalue weighted by Crippen LogP contribution is -2.43. The Balaban J connectivity index is 1.58.